The van der Waals surface area contributed by atoms with Crippen LogP contribution in [-0.4, -0.2) is 42.5 Å². The maximum atomic E-state index is 11.7. The van der Waals surface area contributed by atoms with Gasteiger partial charge in [0, 0.05) is 30.6 Å². The number of carbonyl (C=O) groups is 1. The van der Waals surface area contributed by atoms with Gasteiger partial charge in [-0.15, -0.1) is 0 Å². The number of H-pyrrole nitrogens is 2. The molecule has 8 heteroatoms. The van der Waals surface area contributed by atoms with Crippen LogP contribution in [0.1, 0.15) is 19.7 Å². The summed E-state index contributed by atoms with van der Waals surface area (Å²) in [5.41, 5.74) is 10.2. The molecular weight excluding hydrogens is 330 g/mol. The van der Waals surface area contributed by atoms with Crippen molar-refractivity contribution in [2.24, 2.45) is 0 Å². The fraction of sp³-hybridized carbons (Fsp3) is 0.222. The van der Waals surface area contributed by atoms with Crippen LogP contribution in [0.25, 0.3) is 33.2 Å². The molecule has 0 saturated carbocycles. The Balaban J connectivity index is 1.83. The number of nitrogens with one attached hydrogen (secondary N) is 2. The number of hydrogen-bond acceptors (Lipinski definition) is 5. The molecule has 3 heterocycles. The summed E-state index contributed by atoms with van der Waals surface area (Å²) in [5, 5.41) is 7.94. The van der Waals surface area contributed by atoms with Gasteiger partial charge in [0.15, 0.2) is 5.82 Å². The van der Waals surface area contributed by atoms with Crippen molar-refractivity contribution in [2.45, 2.75) is 20.4 Å². The van der Waals surface area contributed by atoms with Crippen molar-refractivity contribution >= 4 is 33.7 Å². The summed E-state index contributed by atoms with van der Waals surface area (Å²) in [6, 6.07) is 7.83. The molecule has 0 radical (unpaired) electrons. The van der Waals surface area contributed by atoms with Crippen molar-refractivity contribution in [1.82, 2.24) is 30.0 Å². The number of nitrogens with two attached hydrogens (primary N) is 1. The van der Waals surface area contributed by atoms with Crippen molar-refractivity contribution in [3.05, 3.63) is 36.3 Å². The van der Waals surface area contributed by atoms with Crippen molar-refractivity contribution in [3.8, 4) is 11.3 Å². The second-order valence-corrected chi connectivity index (χ2v) is 6.13. The summed E-state index contributed by atoms with van der Waals surface area (Å²) in [5.74, 6) is 1.06. The first-order valence-corrected chi connectivity index (χ1v) is 8.40. The van der Waals surface area contributed by atoms with E-state index >= 15 is 0 Å². The Morgan fingerprint density at radius 3 is 2.81 bits per heavy atom. The molecule has 4 rings (SSSR count). The summed E-state index contributed by atoms with van der Waals surface area (Å²) in [6.07, 6.45) is 1.78. The van der Waals surface area contributed by atoms with E-state index in [1.54, 1.807) is 18.0 Å². The van der Waals surface area contributed by atoms with Gasteiger partial charge in [-0.3, -0.25) is 9.89 Å². The monoisotopic (exact) mass is 349 g/mol. The Morgan fingerprint density at radius 2 is 2.12 bits per heavy atom. The van der Waals surface area contributed by atoms with Crippen LogP contribution < -0.4 is 5.73 Å². The van der Waals surface area contributed by atoms with Gasteiger partial charge in [0.2, 0.25) is 5.91 Å². The lowest BCUT2D eigenvalue weighted by Crippen LogP contribution is -2.28. The van der Waals surface area contributed by atoms with Gasteiger partial charge in [-0.25, -0.2) is 9.97 Å². The maximum absolute atomic E-state index is 11.7. The summed E-state index contributed by atoms with van der Waals surface area (Å²) in [4.78, 5) is 25.7. The van der Waals surface area contributed by atoms with E-state index in [-0.39, 0.29) is 5.91 Å². The molecule has 0 aliphatic rings. The predicted molar refractivity (Wildman–Crippen MR) is 100 cm³/mol. The smallest absolute Gasteiger partial charge is 0.219 e. The van der Waals surface area contributed by atoms with Gasteiger partial charge in [-0.1, -0.05) is 6.07 Å². The van der Waals surface area contributed by atoms with E-state index in [4.69, 9.17) is 5.73 Å². The van der Waals surface area contributed by atoms with Crippen molar-refractivity contribution in [3.63, 3.8) is 0 Å². The Bertz CT molecular complexity index is 1100. The van der Waals surface area contributed by atoms with E-state index in [1.807, 2.05) is 31.2 Å². The molecule has 0 saturated heterocycles. The first-order valence-electron chi connectivity index (χ1n) is 8.40. The van der Waals surface area contributed by atoms with E-state index in [9.17, 15) is 4.79 Å². The predicted octanol–water partition coefficient (Wildman–Crippen LogP) is 2.45. The van der Waals surface area contributed by atoms with Gasteiger partial charge >= 0.3 is 0 Å². The molecule has 4 N–H and O–H groups in total. The standard InChI is InChI=1S/C18H19N7O/c1-3-25(10(2)26)9-15-22-16-12-5-4-11(13-6-7-20-24-13)8-14(12)21-18(19)17(16)23-15/h4-8H,3,9H2,1-2H3,(H2,19,21)(H,20,24)(H,22,23). The lowest BCUT2D eigenvalue weighted by atomic mass is 10.1. The molecule has 0 fully saturated rings. The van der Waals surface area contributed by atoms with Crippen LogP contribution in [0.15, 0.2) is 30.5 Å². The Labute approximate surface area is 149 Å². The molecule has 8 nitrogen and oxygen atoms in total. The third-order valence-corrected chi connectivity index (χ3v) is 4.47. The quantitative estimate of drug-likeness (QED) is 0.523. The largest absolute Gasteiger partial charge is 0.382 e. The highest BCUT2D eigenvalue weighted by Crippen LogP contribution is 2.29. The van der Waals surface area contributed by atoms with Gasteiger partial charge in [-0.05, 0) is 25.1 Å². The number of imidazole rings is 1. The molecule has 0 aliphatic carbocycles. The minimum Gasteiger partial charge on any atom is -0.382 e. The lowest BCUT2D eigenvalue weighted by molar-refractivity contribution is -0.129. The number of amides is 1. The number of aromatic amines is 2. The molecule has 3 aromatic heterocycles. The average Bonchev–Trinajstić information content (AvgIpc) is 3.29. The number of benzene rings is 1. The van der Waals surface area contributed by atoms with Crippen molar-refractivity contribution in [2.75, 3.05) is 12.3 Å². The average molecular weight is 349 g/mol. The molecule has 1 amide bonds. The number of anilines is 1. The van der Waals surface area contributed by atoms with E-state index in [0.717, 1.165) is 27.7 Å². The van der Waals surface area contributed by atoms with Gasteiger partial charge in [0.05, 0.1) is 23.3 Å². The van der Waals surface area contributed by atoms with Crippen LogP contribution >= 0.6 is 0 Å². The zero-order valence-electron chi connectivity index (χ0n) is 14.6. The highest BCUT2D eigenvalue weighted by molar-refractivity contribution is 6.07. The minimum atomic E-state index is 0.00700. The van der Waals surface area contributed by atoms with Crippen LogP contribution in [0.3, 0.4) is 0 Å². The molecule has 0 aliphatic heterocycles. The van der Waals surface area contributed by atoms with Crippen LogP contribution in [0.5, 0.6) is 0 Å². The maximum Gasteiger partial charge on any atom is 0.219 e. The number of nitrogen functional groups attached to an aromatic ring is 1. The van der Waals surface area contributed by atoms with Crippen LogP contribution in [0.2, 0.25) is 0 Å². The van der Waals surface area contributed by atoms with Crippen LogP contribution in [-0.2, 0) is 11.3 Å². The normalized spacial score (nSPS) is 11.3. The molecule has 0 atom stereocenters. The number of rotatable bonds is 4. The fourth-order valence-electron chi connectivity index (χ4n) is 3.10. The molecule has 1 aromatic carbocycles. The Hall–Kier alpha value is -3.42. The van der Waals surface area contributed by atoms with Crippen LogP contribution in [0.4, 0.5) is 5.82 Å². The molecule has 132 valence electrons. The number of pyridine rings is 1. The van der Waals surface area contributed by atoms with Gasteiger partial charge < -0.3 is 15.6 Å². The van der Waals surface area contributed by atoms with Crippen LogP contribution in [0, 0.1) is 0 Å². The second kappa shape index (κ2) is 6.14. The zero-order valence-corrected chi connectivity index (χ0v) is 14.6. The van der Waals surface area contributed by atoms with Gasteiger partial charge in [0.1, 0.15) is 11.3 Å². The summed E-state index contributed by atoms with van der Waals surface area (Å²) >= 11 is 0. The number of hydrogen-bond donors (Lipinski definition) is 3. The Morgan fingerprint density at radius 1 is 1.27 bits per heavy atom. The van der Waals surface area contributed by atoms with E-state index < -0.39 is 0 Å². The van der Waals surface area contributed by atoms with Crippen molar-refractivity contribution < 1.29 is 4.79 Å². The molecule has 26 heavy (non-hydrogen) atoms. The number of carbonyl (C=O) groups excluding carboxylic acids is 1. The number of fused-ring (bicyclic) bond motifs is 3. The molecule has 0 spiro atoms. The van der Waals surface area contributed by atoms with E-state index in [0.29, 0.717) is 30.2 Å². The Kier molecular flexibility index (Phi) is 3.80. The molecule has 0 bridgehead atoms. The molecular formula is C18H19N7O. The third kappa shape index (κ3) is 2.65. The highest BCUT2D eigenvalue weighted by Gasteiger charge is 2.15. The number of aromatic nitrogens is 5. The summed E-state index contributed by atoms with van der Waals surface area (Å²) < 4.78 is 0. The van der Waals surface area contributed by atoms with Gasteiger partial charge in [-0.2, -0.15) is 5.10 Å². The molecule has 4 aromatic rings. The minimum absolute atomic E-state index is 0.00700. The number of nitrogens with zero attached hydrogens (tertiary/aromatic N) is 4. The fourth-order valence-corrected chi connectivity index (χ4v) is 3.10. The topological polar surface area (TPSA) is 117 Å². The summed E-state index contributed by atoms with van der Waals surface area (Å²) in [7, 11) is 0. The van der Waals surface area contributed by atoms with E-state index in [2.05, 4.69) is 25.1 Å². The highest BCUT2D eigenvalue weighted by atomic mass is 16.2. The third-order valence-electron chi connectivity index (χ3n) is 4.47. The second-order valence-electron chi connectivity index (χ2n) is 6.13. The zero-order chi connectivity index (χ0) is 18.3. The SMILES string of the molecule is CCN(Cc1nc2c(N)nc3cc(-c4cc[nH]n4)ccc3c2[nH]1)C(C)=O. The lowest BCUT2D eigenvalue weighted by Gasteiger charge is -2.16. The molecule has 0 unspecified atom stereocenters. The first kappa shape index (κ1) is 16.1. The first-order chi connectivity index (χ1) is 12.6. The van der Waals surface area contributed by atoms with Crippen molar-refractivity contribution in [1.29, 1.82) is 0 Å². The van der Waals surface area contributed by atoms with E-state index in [1.165, 1.54) is 0 Å². The summed E-state index contributed by atoms with van der Waals surface area (Å²) in [6.45, 7) is 4.51. The van der Waals surface area contributed by atoms with Gasteiger partial charge in [0.25, 0.3) is 0 Å².